The fraction of sp³-hybridized carbons (Fsp3) is 0.500. The molecule has 0 unspecified atom stereocenters. The summed E-state index contributed by atoms with van der Waals surface area (Å²) in [6.07, 6.45) is -2.51. The summed E-state index contributed by atoms with van der Waals surface area (Å²) in [6, 6.07) is 9.96. The molecule has 0 aliphatic heterocycles. The Hall–Kier alpha value is -1.17. The lowest BCUT2D eigenvalue weighted by Crippen LogP contribution is -2.36. The van der Waals surface area contributed by atoms with Crippen LogP contribution in [0, 0.1) is 0 Å². The Bertz CT molecular complexity index is 409. The first-order valence-electron chi connectivity index (χ1n) is 6.31. The minimum Gasteiger partial charge on any atom is -0.336 e. The van der Waals surface area contributed by atoms with Gasteiger partial charge in [0.25, 0.3) is 0 Å². The van der Waals surface area contributed by atoms with E-state index in [-0.39, 0.29) is 5.75 Å². The van der Waals surface area contributed by atoms with Crippen molar-refractivity contribution in [2.45, 2.75) is 19.0 Å². The molecule has 0 radical (unpaired) electrons. The van der Waals surface area contributed by atoms with E-state index in [1.54, 1.807) is 0 Å². The monoisotopic (exact) mass is 305 g/mol. The van der Waals surface area contributed by atoms with Gasteiger partial charge in [0.2, 0.25) is 5.91 Å². The molecule has 112 valence electrons. The molecule has 0 bridgehead atoms. The van der Waals surface area contributed by atoms with Gasteiger partial charge in [0.05, 0.1) is 5.75 Å². The van der Waals surface area contributed by atoms with Crippen LogP contribution in [0.5, 0.6) is 0 Å². The van der Waals surface area contributed by atoms with E-state index >= 15 is 0 Å². The van der Waals surface area contributed by atoms with Gasteiger partial charge in [0, 0.05) is 7.05 Å². The second-order valence-electron chi connectivity index (χ2n) is 4.51. The van der Waals surface area contributed by atoms with Gasteiger partial charge >= 0.3 is 6.18 Å². The zero-order valence-corrected chi connectivity index (χ0v) is 12.1. The number of rotatable bonds is 7. The van der Waals surface area contributed by atoms with Crippen LogP contribution in [-0.4, -0.2) is 42.1 Å². The summed E-state index contributed by atoms with van der Waals surface area (Å²) in [6.45, 7) is -1.18. The molecular weight excluding hydrogens is 287 g/mol. The summed E-state index contributed by atoms with van der Waals surface area (Å²) in [4.78, 5) is 12.2. The fourth-order valence-electron chi connectivity index (χ4n) is 1.65. The number of amides is 1. The highest BCUT2D eigenvalue weighted by Crippen LogP contribution is 2.16. The highest BCUT2D eigenvalue weighted by atomic mass is 32.2. The van der Waals surface area contributed by atoms with Crippen molar-refractivity contribution in [3.8, 4) is 0 Å². The Kier molecular flexibility index (Phi) is 6.91. The van der Waals surface area contributed by atoms with Crippen molar-refractivity contribution >= 4 is 17.7 Å². The van der Waals surface area contributed by atoms with Crippen molar-refractivity contribution in [1.82, 2.24) is 4.90 Å². The summed E-state index contributed by atoms with van der Waals surface area (Å²) in [5.74, 6) is 0.383. The Morgan fingerprint density at radius 2 is 1.90 bits per heavy atom. The molecule has 2 nitrogen and oxygen atoms in total. The lowest BCUT2D eigenvalue weighted by Gasteiger charge is -2.18. The average Bonchev–Trinajstić information content (AvgIpc) is 2.37. The van der Waals surface area contributed by atoms with Crippen LogP contribution in [0.2, 0.25) is 0 Å². The molecule has 1 aromatic rings. The number of alkyl halides is 3. The smallest absolute Gasteiger partial charge is 0.336 e. The maximum atomic E-state index is 12.1. The number of thioether (sulfide) groups is 1. The molecule has 0 saturated carbocycles. The summed E-state index contributed by atoms with van der Waals surface area (Å²) in [5, 5.41) is 0. The minimum atomic E-state index is -4.33. The van der Waals surface area contributed by atoms with Gasteiger partial charge in [-0.05, 0) is 24.2 Å². The highest BCUT2D eigenvalue weighted by molar-refractivity contribution is 7.99. The summed E-state index contributed by atoms with van der Waals surface area (Å²) < 4.78 is 36.3. The molecule has 0 aliphatic rings. The number of hydrogen-bond acceptors (Lipinski definition) is 2. The van der Waals surface area contributed by atoms with Crippen LogP contribution in [-0.2, 0) is 11.2 Å². The number of aryl methyl sites for hydroxylation is 1. The lowest BCUT2D eigenvalue weighted by atomic mass is 10.1. The molecule has 0 aliphatic carbocycles. The molecule has 0 saturated heterocycles. The molecule has 0 aromatic heterocycles. The second kappa shape index (κ2) is 8.19. The molecule has 1 aromatic carbocycles. The second-order valence-corrected chi connectivity index (χ2v) is 5.61. The normalized spacial score (nSPS) is 11.4. The lowest BCUT2D eigenvalue weighted by molar-refractivity contribution is -0.156. The summed E-state index contributed by atoms with van der Waals surface area (Å²) in [5.41, 5.74) is 1.23. The van der Waals surface area contributed by atoms with Gasteiger partial charge in [-0.25, -0.2) is 0 Å². The Morgan fingerprint density at radius 3 is 2.50 bits per heavy atom. The van der Waals surface area contributed by atoms with Gasteiger partial charge in [-0.15, -0.1) is 0 Å². The number of benzene rings is 1. The van der Waals surface area contributed by atoms with Crippen LogP contribution in [0.4, 0.5) is 13.2 Å². The van der Waals surface area contributed by atoms with E-state index in [1.165, 1.54) is 24.4 Å². The number of nitrogens with zero attached hydrogens (tertiary/aromatic N) is 1. The Labute approximate surface area is 121 Å². The maximum Gasteiger partial charge on any atom is 0.406 e. The number of hydrogen-bond donors (Lipinski definition) is 0. The third-order valence-electron chi connectivity index (χ3n) is 2.66. The molecule has 0 heterocycles. The first kappa shape index (κ1) is 16.9. The van der Waals surface area contributed by atoms with Gasteiger partial charge in [-0.1, -0.05) is 30.3 Å². The predicted molar refractivity (Wildman–Crippen MR) is 75.8 cm³/mol. The van der Waals surface area contributed by atoms with Gasteiger partial charge in [-0.2, -0.15) is 24.9 Å². The molecule has 1 amide bonds. The zero-order valence-electron chi connectivity index (χ0n) is 11.3. The van der Waals surface area contributed by atoms with E-state index in [2.05, 4.69) is 0 Å². The quantitative estimate of drug-likeness (QED) is 0.720. The van der Waals surface area contributed by atoms with Crippen molar-refractivity contribution in [2.24, 2.45) is 0 Å². The van der Waals surface area contributed by atoms with E-state index < -0.39 is 18.6 Å². The topological polar surface area (TPSA) is 20.3 Å². The van der Waals surface area contributed by atoms with Crippen molar-refractivity contribution < 1.29 is 18.0 Å². The Morgan fingerprint density at radius 1 is 1.25 bits per heavy atom. The number of carbonyl (C=O) groups excluding carboxylic acids is 1. The Balaban J connectivity index is 2.13. The van der Waals surface area contributed by atoms with Crippen molar-refractivity contribution in [2.75, 3.05) is 25.1 Å². The predicted octanol–water partition coefficient (Wildman–Crippen LogP) is 3.37. The van der Waals surface area contributed by atoms with Gasteiger partial charge in [0.15, 0.2) is 0 Å². The molecule has 0 fully saturated rings. The molecule has 0 N–H and O–H groups in total. The maximum absolute atomic E-state index is 12.1. The van der Waals surface area contributed by atoms with Crippen LogP contribution in [0.1, 0.15) is 12.0 Å². The van der Waals surface area contributed by atoms with E-state index in [9.17, 15) is 18.0 Å². The summed E-state index contributed by atoms with van der Waals surface area (Å²) >= 11 is 1.38. The van der Waals surface area contributed by atoms with Crippen molar-refractivity contribution in [3.05, 3.63) is 35.9 Å². The number of halogens is 3. The zero-order chi connectivity index (χ0) is 15.0. The molecule has 0 atom stereocenters. The van der Waals surface area contributed by atoms with E-state index in [1.807, 2.05) is 30.3 Å². The summed E-state index contributed by atoms with van der Waals surface area (Å²) in [7, 11) is 1.18. The van der Waals surface area contributed by atoms with Gasteiger partial charge in [-0.3, -0.25) is 4.79 Å². The first-order chi connectivity index (χ1) is 9.38. The van der Waals surface area contributed by atoms with Crippen molar-refractivity contribution in [3.63, 3.8) is 0 Å². The SMILES string of the molecule is CN(CC(F)(F)F)C(=O)CSCCCc1ccccc1. The number of carbonyl (C=O) groups is 1. The standard InChI is InChI=1S/C14H18F3NOS/c1-18(11-14(15,16)17)13(19)10-20-9-5-8-12-6-3-2-4-7-12/h2-4,6-7H,5,8-11H2,1H3. The fourth-order valence-corrected chi connectivity index (χ4v) is 2.54. The largest absolute Gasteiger partial charge is 0.406 e. The van der Waals surface area contributed by atoms with Gasteiger partial charge < -0.3 is 4.90 Å². The van der Waals surface area contributed by atoms with Crippen LogP contribution < -0.4 is 0 Å². The molecule has 1 rings (SSSR count). The van der Waals surface area contributed by atoms with E-state index in [0.29, 0.717) is 0 Å². The third kappa shape index (κ3) is 7.43. The molecule has 20 heavy (non-hydrogen) atoms. The molecular formula is C14H18F3NOS. The highest BCUT2D eigenvalue weighted by Gasteiger charge is 2.30. The van der Waals surface area contributed by atoms with Crippen molar-refractivity contribution in [1.29, 1.82) is 0 Å². The van der Waals surface area contributed by atoms with E-state index in [0.717, 1.165) is 23.5 Å². The minimum absolute atomic E-state index is 0.0986. The molecule has 6 heteroatoms. The first-order valence-corrected chi connectivity index (χ1v) is 7.46. The molecule has 0 spiro atoms. The van der Waals surface area contributed by atoms with Crippen LogP contribution in [0.15, 0.2) is 30.3 Å². The van der Waals surface area contributed by atoms with Crippen LogP contribution in [0.25, 0.3) is 0 Å². The van der Waals surface area contributed by atoms with Crippen LogP contribution >= 0.6 is 11.8 Å². The van der Waals surface area contributed by atoms with Crippen LogP contribution in [0.3, 0.4) is 0 Å². The van der Waals surface area contributed by atoms with Gasteiger partial charge in [0.1, 0.15) is 6.54 Å². The third-order valence-corrected chi connectivity index (χ3v) is 3.69. The van der Waals surface area contributed by atoms with E-state index in [4.69, 9.17) is 0 Å². The average molecular weight is 305 g/mol.